The molecule has 5 rings (SSSR count). The Labute approximate surface area is 183 Å². The molecule has 2 amide bonds. The van der Waals surface area contributed by atoms with E-state index in [-0.39, 0.29) is 30.4 Å². The van der Waals surface area contributed by atoms with Gasteiger partial charge in [0.2, 0.25) is 6.79 Å². The predicted molar refractivity (Wildman–Crippen MR) is 116 cm³/mol. The van der Waals surface area contributed by atoms with Crippen LogP contribution in [0.15, 0.2) is 72.4 Å². The van der Waals surface area contributed by atoms with E-state index < -0.39 is 11.8 Å². The number of nitrogens with zero attached hydrogens (tertiary/aromatic N) is 1. The molecule has 0 spiro atoms. The summed E-state index contributed by atoms with van der Waals surface area (Å²) >= 11 is 0. The van der Waals surface area contributed by atoms with Crippen LogP contribution in [0.5, 0.6) is 11.5 Å². The summed E-state index contributed by atoms with van der Waals surface area (Å²) in [5.74, 6) is -0.0295. The Morgan fingerprint density at radius 1 is 0.906 bits per heavy atom. The predicted octanol–water partition coefficient (Wildman–Crippen LogP) is 4.26. The first-order chi connectivity index (χ1) is 15.5. The molecule has 6 nitrogen and oxygen atoms in total. The van der Waals surface area contributed by atoms with Gasteiger partial charge in [0.05, 0.1) is 12.1 Å². The Hall–Kier alpha value is -4.13. The minimum atomic E-state index is -0.451. The number of rotatable bonds is 5. The fraction of sp³-hybridized carbons (Fsp3) is 0.120. The first-order valence-electron chi connectivity index (χ1n) is 10.1. The van der Waals surface area contributed by atoms with Gasteiger partial charge in [0.25, 0.3) is 11.8 Å². The Morgan fingerprint density at radius 2 is 1.62 bits per heavy atom. The Kier molecular flexibility index (Phi) is 4.86. The van der Waals surface area contributed by atoms with Gasteiger partial charge in [-0.2, -0.15) is 0 Å². The van der Waals surface area contributed by atoms with E-state index in [0.717, 1.165) is 11.1 Å². The van der Waals surface area contributed by atoms with Crippen LogP contribution in [0, 0.1) is 12.7 Å². The van der Waals surface area contributed by atoms with Crippen molar-refractivity contribution in [2.75, 3.05) is 12.1 Å². The van der Waals surface area contributed by atoms with Crippen molar-refractivity contribution < 1.29 is 23.5 Å². The minimum absolute atomic E-state index is 0.0816. The van der Waals surface area contributed by atoms with E-state index in [1.165, 1.54) is 29.2 Å². The molecular weight excluding hydrogens is 411 g/mol. The average molecular weight is 430 g/mol. The molecule has 2 heterocycles. The molecule has 3 aromatic carbocycles. The standard InChI is InChI=1S/C25H19FN2O4/c1-15-2-5-17(6-3-15)22-23(27-19-9-7-18(26)8-10-19)25(30)28(24(22)29)13-16-4-11-20-21(12-16)32-14-31-20/h2-12,27H,13-14H2,1H3. The van der Waals surface area contributed by atoms with Gasteiger partial charge >= 0.3 is 0 Å². The van der Waals surface area contributed by atoms with Crippen molar-refractivity contribution in [1.29, 1.82) is 0 Å². The van der Waals surface area contributed by atoms with Crippen LogP contribution >= 0.6 is 0 Å². The van der Waals surface area contributed by atoms with E-state index in [4.69, 9.17) is 9.47 Å². The maximum atomic E-state index is 13.4. The third-order valence-corrected chi connectivity index (χ3v) is 5.40. The number of carbonyl (C=O) groups excluding carboxylic acids is 2. The molecule has 2 aliphatic rings. The maximum Gasteiger partial charge on any atom is 0.278 e. The number of amides is 2. The van der Waals surface area contributed by atoms with Crippen LogP contribution in [-0.2, 0) is 16.1 Å². The van der Waals surface area contributed by atoms with Crippen LogP contribution in [0.3, 0.4) is 0 Å². The number of anilines is 1. The zero-order chi connectivity index (χ0) is 22.2. The summed E-state index contributed by atoms with van der Waals surface area (Å²) in [4.78, 5) is 27.9. The lowest BCUT2D eigenvalue weighted by molar-refractivity contribution is -0.137. The molecule has 1 N–H and O–H groups in total. The molecule has 0 saturated carbocycles. The molecule has 0 bridgehead atoms. The average Bonchev–Trinajstić information content (AvgIpc) is 3.34. The Balaban J connectivity index is 1.50. The number of halogens is 1. The third kappa shape index (κ3) is 3.58. The Bertz CT molecular complexity index is 1250. The molecule has 0 atom stereocenters. The van der Waals surface area contributed by atoms with Crippen molar-refractivity contribution in [1.82, 2.24) is 4.90 Å². The van der Waals surface area contributed by atoms with Gasteiger partial charge in [-0.15, -0.1) is 0 Å². The molecule has 7 heteroatoms. The first kappa shape index (κ1) is 19.8. The van der Waals surface area contributed by atoms with E-state index in [1.807, 2.05) is 31.2 Å². The lowest BCUT2D eigenvalue weighted by Gasteiger charge is -2.16. The molecule has 0 aromatic heterocycles. The summed E-state index contributed by atoms with van der Waals surface area (Å²) in [5, 5.41) is 3.03. The molecular formula is C25H19FN2O4. The monoisotopic (exact) mass is 430 g/mol. The second kappa shape index (κ2) is 7.85. The van der Waals surface area contributed by atoms with Crippen LogP contribution in [0.2, 0.25) is 0 Å². The molecule has 160 valence electrons. The van der Waals surface area contributed by atoms with Gasteiger partial charge in [0.1, 0.15) is 11.5 Å². The molecule has 2 aliphatic heterocycles. The fourth-order valence-electron chi connectivity index (χ4n) is 3.72. The summed E-state index contributed by atoms with van der Waals surface area (Å²) in [7, 11) is 0. The van der Waals surface area contributed by atoms with Crippen molar-refractivity contribution in [3.8, 4) is 11.5 Å². The molecule has 0 aliphatic carbocycles. The van der Waals surface area contributed by atoms with E-state index in [1.54, 1.807) is 18.2 Å². The second-order valence-corrected chi connectivity index (χ2v) is 7.63. The number of aryl methyl sites for hydroxylation is 1. The van der Waals surface area contributed by atoms with E-state index in [9.17, 15) is 14.0 Å². The van der Waals surface area contributed by atoms with Gasteiger partial charge < -0.3 is 14.8 Å². The lowest BCUT2D eigenvalue weighted by Crippen LogP contribution is -2.32. The summed E-state index contributed by atoms with van der Waals surface area (Å²) in [6.45, 7) is 2.17. The second-order valence-electron chi connectivity index (χ2n) is 7.63. The number of hydrogen-bond acceptors (Lipinski definition) is 5. The summed E-state index contributed by atoms with van der Waals surface area (Å²) in [5.41, 5.74) is 3.36. The van der Waals surface area contributed by atoms with Gasteiger partial charge in [-0.25, -0.2) is 4.39 Å². The van der Waals surface area contributed by atoms with Gasteiger partial charge in [-0.3, -0.25) is 14.5 Å². The highest BCUT2D eigenvalue weighted by Crippen LogP contribution is 2.35. The van der Waals surface area contributed by atoms with Crippen LogP contribution in [0.4, 0.5) is 10.1 Å². The molecule has 32 heavy (non-hydrogen) atoms. The molecule has 3 aromatic rings. The van der Waals surface area contributed by atoms with E-state index >= 15 is 0 Å². The van der Waals surface area contributed by atoms with Gasteiger partial charge in [0, 0.05) is 5.69 Å². The number of benzene rings is 3. The highest BCUT2D eigenvalue weighted by molar-refractivity contribution is 6.36. The third-order valence-electron chi connectivity index (χ3n) is 5.40. The van der Waals surface area contributed by atoms with Crippen molar-refractivity contribution in [2.24, 2.45) is 0 Å². The molecule has 0 radical (unpaired) electrons. The molecule has 0 unspecified atom stereocenters. The largest absolute Gasteiger partial charge is 0.454 e. The lowest BCUT2D eigenvalue weighted by atomic mass is 10.0. The number of ether oxygens (including phenoxy) is 2. The van der Waals surface area contributed by atoms with Crippen LogP contribution in [0.25, 0.3) is 5.57 Å². The molecule has 0 saturated heterocycles. The highest BCUT2D eigenvalue weighted by atomic mass is 19.1. The number of fused-ring (bicyclic) bond motifs is 1. The van der Waals surface area contributed by atoms with Gasteiger partial charge in [-0.05, 0) is 54.4 Å². The quantitative estimate of drug-likeness (QED) is 0.613. The normalized spacial score (nSPS) is 15.0. The van der Waals surface area contributed by atoms with Crippen molar-refractivity contribution in [3.63, 3.8) is 0 Å². The minimum Gasteiger partial charge on any atom is -0.454 e. The van der Waals surface area contributed by atoms with Crippen molar-refractivity contribution in [2.45, 2.75) is 13.5 Å². The van der Waals surface area contributed by atoms with E-state index in [2.05, 4.69) is 5.32 Å². The van der Waals surface area contributed by atoms with Crippen LogP contribution < -0.4 is 14.8 Å². The topological polar surface area (TPSA) is 67.9 Å². The van der Waals surface area contributed by atoms with Gasteiger partial charge in [0.15, 0.2) is 11.5 Å². The van der Waals surface area contributed by atoms with Crippen molar-refractivity contribution >= 4 is 23.1 Å². The van der Waals surface area contributed by atoms with Crippen LogP contribution in [-0.4, -0.2) is 23.5 Å². The number of nitrogens with one attached hydrogen (secondary N) is 1. The summed E-state index contributed by atoms with van der Waals surface area (Å²) < 4.78 is 24.1. The number of carbonyl (C=O) groups is 2. The zero-order valence-electron chi connectivity index (χ0n) is 17.2. The first-order valence-corrected chi connectivity index (χ1v) is 10.1. The Morgan fingerprint density at radius 3 is 2.38 bits per heavy atom. The number of hydrogen-bond donors (Lipinski definition) is 1. The highest BCUT2D eigenvalue weighted by Gasteiger charge is 2.39. The SMILES string of the molecule is Cc1ccc(C2=C(Nc3ccc(F)cc3)C(=O)N(Cc3ccc4c(c3)OCO4)C2=O)cc1. The van der Waals surface area contributed by atoms with Crippen molar-refractivity contribution in [3.05, 3.63) is 94.9 Å². The summed E-state index contributed by atoms with van der Waals surface area (Å²) in [6.07, 6.45) is 0. The summed E-state index contributed by atoms with van der Waals surface area (Å²) in [6, 6.07) is 18.3. The smallest absolute Gasteiger partial charge is 0.278 e. The van der Waals surface area contributed by atoms with E-state index in [0.29, 0.717) is 22.7 Å². The van der Waals surface area contributed by atoms with Gasteiger partial charge in [-0.1, -0.05) is 35.9 Å². The number of imide groups is 1. The maximum absolute atomic E-state index is 13.4. The van der Waals surface area contributed by atoms with Crippen LogP contribution in [0.1, 0.15) is 16.7 Å². The molecule has 0 fully saturated rings. The fourth-order valence-corrected chi connectivity index (χ4v) is 3.72. The zero-order valence-corrected chi connectivity index (χ0v) is 17.2.